The molecule has 2 heterocycles. The molecule has 0 radical (unpaired) electrons. The van der Waals surface area contributed by atoms with Crippen LogP contribution in [0.25, 0.3) is 0 Å². The number of amides is 1. The minimum atomic E-state index is -0.659. The van der Waals surface area contributed by atoms with Gasteiger partial charge in [-0.2, -0.15) is 0 Å². The van der Waals surface area contributed by atoms with E-state index in [4.69, 9.17) is 13.9 Å². The maximum absolute atomic E-state index is 11.9. The normalized spacial score (nSPS) is 16.0. The van der Waals surface area contributed by atoms with Crippen LogP contribution in [0.5, 0.6) is 11.5 Å². The zero-order valence-electron chi connectivity index (χ0n) is 14.5. The van der Waals surface area contributed by atoms with Gasteiger partial charge in [-0.1, -0.05) is 12.1 Å². The molecule has 0 fully saturated rings. The molecule has 1 aromatic heterocycles. The standard InChI is InChI=1S/C19H23NO5/c1-19(2)10-13-4-3-5-16(18(13)25-19)24-12-17(22)20-8-6-15(21)14-7-9-23-11-14/h3-5,7,9,11,15,21H,6,8,10,12H2,1-2H3,(H,20,22). The van der Waals surface area contributed by atoms with E-state index in [1.165, 1.54) is 12.5 Å². The number of nitrogens with one attached hydrogen (secondary N) is 1. The Balaban J connectivity index is 1.45. The first kappa shape index (κ1) is 17.4. The molecule has 0 saturated carbocycles. The van der Waals surface area contributed by atoms with Crippen molar-refractivity contribution in [3.8, 4) is 11.5 Å². The Morgan fingerprint density at radius 2 is 2.24 bits per heavy atom. The molecule has 0 saturated heterocycles. The van der Waals surface area contributed by atoms with Crippen molar-refractivity contribution in [1.29, 1.82) is 0 Å². The van der Waals surface area contributed by atoms with Crippen LogP contribution in [0.1, 0.15) is 37.5 Å². The van der Waals surface area contributed by atoms with Gasteiger partial charge in [0.25, 0.3) is 5.91 Å². The van der Waals surface area contributed by atoms with Crippen LogP contribution in [0, 0.1) is 0 Å². The van der Waals surface area contributed by atoms with Gasteiger partial charge in [0.1, 0.15) is 5.60 Å². The van der Waals surface area contributed by atoms with E-state index < -0.39 is 6.10 Å². The lowest BCUT2D eigenvalue weighted by atomic mass is 10.0. The summed E-state index contributed by atoms with van der Waals surface area (Å²) in [6.07, 6.45) is 3.56. The minimum Gasteiger partial charge on any atom is -0.483 e. The average Bonchev–Trinajstić information content (AvgIpc) is 3.18. The molecule has 1 aliphatic rings. The molecular weight excluding hydrogens is 322 g/mol. The molecule has 0 aliphatic carbocycles. The van der Waals surface area contributed by atoms with Crippen molar-refractivity contribution >= 4 is 5.91 Å². The lowest BCUT2D eigenvalue weighted by molar-refractivity contribution is -0.123. The summed E-state index contributed by atoms with van der Waals surface area (Å²) in [5, 5.41) is 12.7. The Morgan fingerprint density at radius 1 is 1.40 bits per heavy atom. The molecule has 6 nitrogen and oxygen atoms in total. The van der Waals surface area contributed by atoms with Crippen molar-refractivity contribution in [2.75, 3.05) is 13.2 Å². The van der Waals surface area contributed by atoms with Gasteiger partial charge >= 0.3 is 0 Å². The molecule has 1 atom stereocenters. The monoisotopic (exact) mass is 345 g/mol. The second-order valence-corrected chi connectivity index (χ2v) is 6.78. The third-order valence-corrected chi connectivity index (χ3v) is 4.08. The quantitative estimate of drug-likeness (QED) is 0.806. The van der Waals surface area contributed by atoms with E-state index in [0.717, 1.165) is 17.7 Å². The summed E-state index contributed by atoms with van der Waals surface area (Å²) in [5.74, 6) is 1.06. The Labute approximate surface area is 146 Å². The molecule has 1 aliphatic heterocycles. The van der Waals surface area contributed by atoms with Crippen molar-refractivity contribution in [3.63, 3.8) is 0 Å². The number of aliphatic hydroxyl groups excluding tert-OH is 1. The number of hydrogen-bond donors (Lipinski definition) is 2. The van der Waals surface area contributed by atoms with Crippen LogP contribution < -0.4 is 14.8 Å². The average molecular weight is 345 g/mol. The van der Waals surface area contributed by atoms with Gasteiger partial charge in [-0.15, -0.1) is 0 Å². The zero-order valence-corrected chi connectivity index (χ0v) is 14.5. The SMILES string of the molecule is CC1(C)Cc2cccc(OCC(=O)NCCC(O)c3ccoc3)c2O1. The lowest BCUT2D eigenvalue weighted by Crippen LogP contribution is -2.30. The lowest BCUT2D eigenvalue weighted by Gasteiger charge is -2.18. The number of rotatable bonds is 7. The molecule has 3 rings (SSSR count). The molecule has 1 aromatic carbocycles. The Hall–Kier alpha value is -2.47. The first-order chi connectivity index (χ1) is 11.9. The maximum Gasteiger partial charge on any atom is 0.257 e. The number of fused-ring (bicyclic) bond motifs is 1. The fourth-order valence-corrected chi connectivity index (χ4v) is 2.87. The van der Waals surface area contributed by atoms with Crippen LogP contribution in [-0.4, -0.2) is 29.8 Å². The highest BCUT2D eigenvalue weighted by Gasteiger charge is 2.32. The van der Waals surface area contributed by atoms with Crippen LogP contribution >= 0.6 is 0 Å². The second kappa shape index (κ2) is 7.19. The number of benzene rings is 1. The van der Waals surface area contributed by atoms with Crippen LogP contribution in [0.15, 0.2) is 41.2 Å². The van der Waals surface area contributed by atoms with Crippen molar-refractivity contribution < 1.29 is 23.8 Å². The third kappa shape index (κ3) is 4.33. The van der Waals surface area contributed by atoms with E-state index >= 15 is 0 Å². The highest BCUT2D eigenvalue weighted by molar-refractivity contribution is 5.77. The van der Waals surface area contributed by atoms with Crippen LogP contribution in [0.3, 0.4) is 0 Å². The number of aliphatic hydroxyl groups is 1. The summed E-state index contributed by atoms with van der Waals surface area (Å²) in [5.41, 5.74) is 1.53. The molecule has 6 heteroatoms. The predicted octanol–water partition coefficient (Wildman–Crippen LogP) is 2.61. The summed E-state index contributed by atoms with van der Waals surface area (Å²) in [7, 11) is 0. The summed E-state index contributed by atoms with van der Waals surface area (Å²) in [6.45, 7) is 4.30. The van der Waals surface area contributed by atoms with E-state index in [0.29, 0.717) is 24.3 Å². The van der Waals surface area contributed by atoms with Gasteiger partial charge in [0.05, 0.1) is 18.6 Å². The van der Waals surface area contributed by atoms with E-state index in [2.05, 4.69) is 5.32 Å². The minimum absolute atomic E-state index is 0.0952. The third-order valence-electron chi connectivity index (χ3n) is 4.08. The van der Waals surface area contributed by atoms with Gasteiger partial charge in [-0.3, -0.25) is 4.79 Å². The van der Waals surface area contributed by atoms with Gasteiger partial charge in [0, 0.05) is 24.1 Å². The molecule has 1 amide bonds. The summed E-state index contributed by atoms with van der Waals surface area (Å²) in [4.78, 5) is 11.9. The fraction of sp³-hybridized carbons (Fsp3) is 0.421. The number of carbonyl (C=O) groups is 1. The fourth-order valence-electron chi connectivity index (χ4n) is 2.87. The molecule has 25 heavy (non-hydrogen) atoms. The van der Waals surface area contributed by atoms with E-state index in [1.54, 1.807) is 12.1 Å². The van der Waals surface area contributed by atoms with Gasteiger partial charge in [0.2, 0.25) is 0 Å². The van der Waals surface area contributed by atoms with E-state index in [9.17, 15) is 9.90 Å². The van der Waals surface area contributed by atoms with Gasteiger partial charge in [0.15, 0.2) is 18.1 Å². The molecule has 2 N–H and O–H groups in total. The van der Waals surface area contributed by atoms with Gasteiger partial charge < -0.3 is 24.3 Å². The van der Waals surface area contributed by atoms with Crippen molar-refractivity contribution in [3.05, 3.63) is 47.9 Å². The topological polar surface area (TPSA) is 80.9 Å². The van der Waals surface area contributed by atoms with E-state index in [1.807, 2.05) is 26.0 Å². The molecule has 2 aromatic rings. The highest BCUT2D eigenvalue weighted by Crippen LogP contribution is 2.41. The highest BCUT2D eigenvalue weighted by atomic mass is 16.5. The molecule has 134 valence electrons. The largest absolute Gasteiger partial charge is 0.483 e. The number of hydrogen-bond acceptors (Lipinski definition) is 5. The predicted molar refractivity (Wildman–Crippen MR) is 91.6 cm³/mol. The second-order valence-electron chi connectivity index (χ2n) is 6.78. The number of furan rings is 1. The summed E-state index contributed by atoms with van der Waals surface area (Å²) < 4.78 is 16.5. The van der Waals surface area contributed by atoms with Crippen LogP contribution in [0.2, 0.25) is 0 Å². The first-order valence-corrected chi connectivity index (χ1v) is 8.35. The molecule has 1 unspecified atom stereocenters. The van der Waals surface area contributed by atoms with Gasteiger partial charge in [-0.05, 0) is 32.4 Å². The van der Waals surface area contributed by atoms with Crippen LogP contribution in [0.4, 0.5) is 0 Å². The number of carbonyl (C=O) groups excluding carboxylic acids is 1. The van der Waals surface area contributed by atoms with Crippen molar-refractivity contribution in [2.45, 2.75) is 38.4 Å². The Morgan fingerprint density at radius 3 is 3.00 bits per heavy atom. The Bertz CT molecular complexity index is 723. The molecular formula is C19H23NO5. The van der Waals surface area contributed by atoms with Gasteiger partial charge in [-0.25, -0.2) is 0 Å². The number of para-hydroxylation sites is 1. The molecule has 0 spiro atoms. The van der Waals surface area contributed by atoms with E-state index in [-0.39, 0.29) is 18.1 Å². The van der Waals surface area contributed by atoms with Crippen molar-refractivity contribution in [2.24, 2.45) is 0 Å². The maximum atomic E-state index is 11.9. The zero-order chi connectivity index (χ0) is 17.9. The number of ether oxygens (including phenoxy) is 2. The summed E-state index contributed by atoms with van der Waals surface area (Å²) in [6, 6.07) is 7.41. The Kier molecular flexibility index (Phi) is 4.99. The summed E-state index contributed by atoms with van der Waals surface area (Å²) >= 11 is 0. The van der Waals surface area contributed by atoms with Crippen LogP contribution in [-0.2, 0) is 11.2 Å². The molecule has 0 bridgehead atoms. The first-order valence-electron chi connectivity index (χ1n) is 8.35. The smallest absolute Gasteiger partial charge is 0.257 e. The van der Waals surface area contributed by atoms with Crippen molar-refractivity contribution in [1.82, 2.24) is 5.32 Å².